The van der Waals surface area contributed by atoms with Gasteiger partial charge in [0.15, 0.2) is 0 Å². The van der Waals surface area contributed by atoms with Crippen molar-refractivity contribution < 1.29 is 19.1 Å². The number of carboxylic acid groups (broad SMARTS) is 1. The smallest absolute Gasteiger partial charge is 0.308 e. The van der Waals surface area contributed by atoms with Crippen molar-refractivity contribution in [2.75, 3.05) is 26.2 Å². The number of carbonyl (C=O) groups excluding carboxylic acids is 1. The molecule has 2 unspecified atom stereocenters. The van der Waals surface area contributed by atoms with Gasteiger partial charge in [-0.2, -0.15) is 0 Å². The number of aliphatic carboxylic acids is 1. The van der Waals surface area contributed by atoms with Gasteiger partial charge in [-0.05, 0) is 43.6 Å². The molecule has 2 atom stereocenters. The van der Waals surface area contributed by atoms with Gasteiger partial charge < -0.3 is 14.9 Å². The van der Waals surface area contributed by atoms with Crippen LogP contribution in [-0.2, 0) is 9.59 Å². The van der Waals surface area contributed by atoms with Crippen molar-refractivity contribution in [1.82, 2.24) is 9.80 Å². The average molecular weight is 334 g/mol. The fourth-order valence-electron chi connectivity index (χ4n) is 3.65. The van der Waals surface area contributed by atoms with Gasteiger partial charge in [0.2, 0.25) is 5.91 Å². The summed E-state index contributed by atoms with van der Waals surface area (Å²) in [4.78, 5) is 27.6. The number of carbonyl (C=O) groups is 2. The molecule has 1 amide bonds. The predicted octanol–water partition coefficient (Wildman–Crippen LogP) is 2.29. The second kappa shape index (κ2) is 7.30. The quantitative estimate of drug-likeness (QED) is 0.897. The van der Waals surface area contributed by atoms with Crippen LogP contribution in [0.5, 0.6) is 0 Å². The van der Waals surface area contributed by atoms with E-state index in [0.29, 0.717) is 6.54 Å². The molecule has 0 aliphatic carbocycles. The van der Waals surface area contributed by atoms with E-state index in [-0.39, 0.29) is 30.7 Å². The van der Waals surface area contributed by atoms with Crippen molar-refractivity contribution in [1.29, 1.82) is 0 Å². The Hall–Kier alpha value is -1.95. The molecule has 3 rings (SSSR count). The van der Waals surface area contributed by atoms with Gasteiger partial charge in [-0.15, -0.1) is 0 Å². The second-order valence-electron chi connectivity index (χ2n) is 6.71. The molecule has 2 aliphatic rings. The molecule has 2 heterocycles. The molecule has 1 N–H and O–H groups in total. The molecular formula is C18H23FN2O3. The van der Waals surface area contributed by atoms with Crippen LogP contribution < -0.4 is 0 Å². The van der Waals surface area contributed by atoms with Crippen LogP contribution in [0.4, 0.5) is 4.39 Å². The van der Waals surface area contributed by atoms with E-state index in [2.05, 4.69) is 4.90 Å². The molecule has 1 aromatic carbocycles. The predicted molar refractivity (Wildman–Crippen MR) is 86.9 cm³/mol. The topological polar surface area (TPSA) is 60.9 Å². The summed E-state index contributed by atoms with van der Waals surface area (Å²) in [6.45, 7) is 2.87. The van der Waals surface area contributed by atoms with Crippen molar-refractivity contribution in [3.05, 3.63) is 35.6 Å². The third kappa shape index (κ3) is 3.75. The minimum Gasteiger partial charge on any atom is -0.481 e. The number of nitrogens with zero attached hydrogens (tertiary/aromatic N) is 2. The first-order valence-corrected chi connectivity index (χ1v) is 8.54. The Morgan fingerprint density at radius 1 is 1.21 bits per heavy atom. The SMILES string of the molecule is O=C(O)C1CC(=O)N(C(CN2CCCCC2)c2ccc(F)cc2)C1. The first-order valence-electron chi connectivity index (χ1n) is 8.54. The summed E-state index contributed by atoms with van der Waals surface area (Å²) >= 11 is 0. The zero-order chi connectivity index (χ0) is 17.1. The Labute approximate surface area is 141 Å². The van der Waals surface area contributed by atoms with Crippen molar-refractivity contribution in [2.45, 2.75) is 31.7 Å². The van der Waals surface area contributed by atoms with Crippen LogP contribution in [0.2, 0.25) is 0 Å². The van der Waals surface area contributed by atoms with Crippen molar-refractivity contribution >= 4 is 11.9 Å². The van der Waals surface area contributed by atoms with E-state index in [1.807, 2.05) is 0 Å². The summed E-state index contributed by atoms with van der Waals surface area (Å²) in [6.07, 6.45) is 3.55. The van der Waals surface area contributed by atoms with Crippen LogP contribution in [0.1, 0.15) is 37.3 Å². The minimum absolute atomic E-state index is 0.0486. The Morgan fingerprint density at radius 3 is 2.46 bits per heavy atom. The molecule has 6 heteroatoms. The second-order valence-corrected chi connectivity index (χ2v) is 6.71. The number of likely N-dealkylation sites (tertiary alicyclic amines) is 2. The minimum atomic E-state index is -0.929. The molecule has 2 saturated heterocycles. The van der Waals surface area contributed by atoms with Gasteiger partial charge in [0.25, 0.3) is 0 Å². The Morgan fingerprint density at radius 2 is 1.88 bits per heavy atom. The summed E-state index contributed by atoms with van der Waals surface area (Å²) < 4.78 is 13.3. The van der Waals surface area contributed by atoms with Crippen molar-refractivity contribution in [3.8, 4) is 0 Å². The maximum absolute atomic E-state index is 13.3. The van der Waals surface area contributed by atoms with E-state index in [4.69, 9.17) is 0 Å². The molecule has 0 spiro atoms. The summed E-state index contributed by atoms with van der Waals surface area (Å²) in [7, 11) is 0. The van der Waals surface area contributed by atoms with E-state index < -0.39 is 11.9 Å². The summed E-state index contributed by atoms with van der Waals surface area (Å²) in [5.41, 5.74) is 0.862. The fraction of sp³-hybridized carbons (Fsp3) is 0.556. The first-order chi connectivity index (χ1) is 11.5. The van der Waals surface area contributed by atoms with E-state index >= 15 is 0 Å². The van der Waals surface area contributed by atoms with E-state index in [1.54, 1.807) is 17.0 Å². The number of halogens is 1. The highest BCUT2D eigenvalue weighted by molar-refractivity contribution is 5.86. The van der Waals surface area contributed by atoms with Crippen LogP contribution >= 0.6 is 0 Å². The molecule has 5 nitrogen and oxygen atoms in total. The molecule has 1 aromatic rings. The third-order valence-corrected chi connectivity index (χ3v) is 5.02. The lowest BCUT2D eigenvalue weighted by Crippen LogP contribution is -2.41. The number of piperidine rings is 1. The molecule has 130 valence electrons. The Balaban J connectivity index is 1.82. The van der Waals surface area contributed by atoms with Gasteiger partial charge in [-0.1, -0.05) is 18.6 Å². The maximum atomic E-state index is 13.3. The number of carboxylic acids is 1. The molecule has 2 aliphatic heterocycles. The number of benzene rings is 1. The van der Waals surface area contributed by atoms with Gasteiger partial charge in [-0.3, -0.25) is 9.59 Å². The van der Waals surface area contributed by atoms with Gasteiger partial charge in [0, 0.05) is 19.5 Å². The van der Waals surface area contributed by atoms with Crippen molar-refractivity contribution in [2.24, 2.45) is 5.92 Å². The van der Waals surface area contributed by atoms with Crippen LogP contribution in [0.25, 0.3) is 0 Å². The van der Waals surface area contributed by atoms with E-state index in [9.17, 15) is 19.1 Å². The lowest BCUT2D eigenvalue weighted by atomic mass is 10.0. The number of rotatable bonds is 5. The fourth-order valence-corrected chi connectivity index (χ4v) is 3.65. The zero-order valence-corrected chi connectivity index (χ0v) is 13.7. The highest BCUT2D eigenvalue weighted by Crippen LogP contribution is 2.30. The number of hydrogen-bond donors (Lipinski definition) is 1. The van der Waals surface area contributed by atoms with Crippen LogP contribution in [-0.4, -0.2) is 53.0 Å². The molecule has 0 bridgehead atoms. The molecule has 0 aromatic heterocycles. The summed E-state index contributed by atoms with van der Waals surface area (Å²) in [6, 6.07) is 5.97. The van der Waals surface area contributed by atoms with Crippen LogP contribution in [0.3, 0.4) is 0 Å². The van der Waals surface area contributed by atoms with Gasteiger partial charge in [0.05, 0.1) is 12.0 Å². The third-order valence-electron chi connectivity index (χ3n) is 5.02. The number of hydrogen-bond acceptors (Lipinski definition) is 3. The van der Waals surface area contributed by atoms with Crippen LogP contribution in [0.15, 0.2) is 24.3 Å². The normalized spacial score (nSPS) is 23.5. The molecular weight excluding hydrogens is 311 g/mol. The average Bonchev–Trinajstić information content (AvgIpc) is 2.96. The lowest BCUT2D eigenvalue weighted by Gasteiger charge is -2.35. The lowest BCUT2D eigenvalue weighted by molar-refractivity contribution is -0.141. The van der Waals surface area contributed by atoms with Crippen molar-refractivity contribution in [3.63, 3.8) is 0 Å². The van der Waals surface area contributed by atoms with E-state index in [0.717, 1.165) is 31.5 Å². The van der Waals surface area contributed by atoms with Gasteiger partial charge in [-0.25, -0.2) is 4.39 Å². The van der Waals surface area contributed by atoms with Gasteiger partial charge in [0.1, 0.15) is 5.82 Å². The first kappa shape index (κ1) is 16.9. The highest BCUT2D eigenvalue weighted by Gasteiger charge is 2.39. The zero-order valence-electron chi connectivity index (χ0n) is 13.7. The Bertz CT molecular complexity index is 599. The highest BCUT2D eigenvalue weighted by atomic mass is 19.1. The Kier molecular flexibility index (Phi) is 5.14. The standard InChI is InChI=1S/C18H23FN2O3/c19-15-6-4-13(5-7-15)16(12-20-8-2-1-3-9-20)21-11-14(18(23)24)10-17(21)22/h4-7,14,16H,1-3,8-12H2,(H,23,24). The molecule has 2 fully saturated rings. The largest absolute Gasteiger partial charge is 0.481 e. The molecule has 0 radical (unpaired) electrons. The molecule has 0 saturated carbocycles. The van der Waals surface area contributed by atoms with Crippen LogP contribution in [0, 0.1) is 11.7 Å². The summed E-state index contributed by atoms with van der Waals surface area (Å²) in [5.74, 6) is -2.02. The number of amides is 1. The molecule has 24 heavy (non-hydrogen) atoms. The van der Waals surface area contributed by atoms with Gasteiger partial charge >= 0.3 is 5.97 Å². The summed E-state index contributed by atoms with van der Waals surface area (Å²) in [5, 5.41) is 9.22. The van der Waals surface area contributed by atoms with E-state index in [1.165, 1.54) is 18.6 Å². The maximum Gasteiger partial charge on any atom is 0.308 e. The monoisotopic (exact) mass is 334 g/mol.